The first kappa shape index (κ1) is 20.5. The molecule has 2 fully saturated rings. The third kappa shape index (κ3) is 5.17. The van der Waals surface area contributed by atoms with Crippen molar-refractivity contribution < 1.29 is 27.4 Å². The van der Waals surface area contributed by atoms with E-state index in [0.717, 1.165) is 19.0 Å². The Hall–Kier alpha value is -1.26. The van der Waals surface area contributed by atoms with Crippen molar-refractivity contribution in [1.82, 2.24) is 9.88 Å². The smallest absolute Gasteiger partial charge is 0.418 e. The molecule has 0 aromatic carbocycles. The molecule has 1 aliphatic carbocycles. The summed E-state index contributed by atoms with van der Waals surface area (Å²) < 4.78 is 49.7. The molecule has 2 heterocycles. The Morgan fingerprint density at radius 2 is 2.00 bits per heavy atom. The number of pyridine rings is 1. The van der Waals surface area contributed by atoms with Crippen molar-refractivity contribution in [2.45, 2.75) is 51.4 Å². The van der Waals surface area contributed by atoms with Gasteiger partial charge in [-0.2, -0.15) is 13.2 Å². The van der Waals surface area contributed by atoms with Gasteiger partial charge in [-0.1, -0.05) is 0 Å². The number of fused-ring (bicyclic) bond motifs is 1. The highest BCUT2D eigenvalue weighted by Crippen LogP contribution is 2.47. The Labute approximate surface area is 169 Å². The number of likely N-dealkylation sites (tertiary alicyclic amines) is 1. The van der Waals surface area contributed by atoms with Crippen LogP contribution in [0.1, 0.15) is 39.2 Å². The molecule has 0 bridgehead atoms. The second-order valence-electron chi connectivity index (χ2n) is 8.09. The maximum absolute atomic E-state index is 12.8. The Balaban J connectivity index is 1.66. The molecule has 9 heteroatoms. The molecular weight excluding hydrogens is 476 g/mol. The molecule has 0 unspecified atom stereocenters. The first-order valence-electron chi connectivity index (χ1n) is 8.79. The zero-order valence-corrected chi connectivity index (χ0v) is 17.5. The number of alkyl halides is 3. The largest absolute Gasteiger partial charge is 0.475 e. The highest BCUT2D eigenvalue weighted by Gasteiger charge is 2.48. The minimum atomic E-state index is -4.44. The van der Waals surface area contributed by atoms with Crippen molar-refractivity contribution in [2.24, 2.45) is 11.8 Å². The molecule has 1 saturated carbocycles. The van der Waals surface area contributed by atoms with E-state index in [0.29, 0.717) is 18.4 Å². The third-order valence-electron chi connectivity index (χ3n) is 4.70. The van der Waals surface area contributed by atoms with Crippen molar-refractivity contribution >= 4 is 28.7 Å². The quantitative estimate of drug-likeness (QED) is 0.566. The Bertz CT molecular complexity index is 721. The molecule has 0 N–H and O–H groups in total. The molecule has 1 aromatic rings. The second kappa shape index (κ2) is 7.29. The van der Waals surface area contributed by atoms with Crippen LogP contribution in [-0.2, 0) is 10.9 Å². The van der Waals surface area contributed by atoms with Crippen molar-refractivity contribution in [3.63, 3.8) is 0 Å². The van der Waals surface area contributed by atoms with Gasteiger partial charge in [0.05, 0.1) is 11.6 Å². The standard InChI is InChI=1S/C18H22F3IN2O3/c1-17(2,3)27-16(25)24-8-11-4-10(11)5-12(24)9-26-15-6-14(22)13(7-23-15)18(19,20)21/h6-7,10-12H,4-5,8-9H2,1-3H3/t10-,11+,12-/m0/s1. The molecule has 5 nitrogen and oxygen atoms in total. The Morgan fingerprint density at radius 3 is 2.59 bits per heavy atom. The van der Waals surface area contributed by atoms with E-state index in [9.17, 15) is 18.0 Å². The summed E-state index contributed by atoms with van der Waals surface area (Å²) in [6.45, 7) is 6.25. The van der Waals surface area contributed by atoms with E-state index in [2.05, 4.69) is 4.98 Å². The molecular formula is C18H22F3IN2O3. The van der Waals surface area contributed by atoms with Crippen molar-refractivity contribution in [3.8, 4) is 5.88 Å². The molecule has 1 amide bonds. The molecule has 0 radical (unpaired) electrons. The lowest BCUT2D eigenvalue weighted by Crippen LogP contribution is -2.49. The van der Waals surface area contributed by atoms with Gasteiger partial charge in [-0.25, -0.2) is 9.78 Å². The summed E-state index contributed by atoms with van der Waals surface area (Å²) in [4.78, 5) is 18.0. The number of hydrogen-bond donors (Lipinski definition) is 0. The summed E-state index contributed by atoms with van der Waals surface area (Å²) in [5.74, 6) is 1.21. The number of nitrogens with zero attached hydrogens (tertiary/aromatic N) is 2. The van der Waals surface area contributed by atoms with Gasteiger partial charge in [-0.3, -0.25) is 0 Å². The van der Waals surface area contributed by atoms with Crippen LogP contribution in [0.3, 0.4) is 0 Å². The van der Waals surface area contributed by atoms with E-state index >= 15 is 0 Å². The minimum Gasteiger partial charge on any atom is -0.475 e. The number of halogens is 4. The summed E-state index contributed by atoms with van der Waals surface area (Å²) in [7, 11) is 0. The first-order chi connectivity index (χ1) is 12.4. The van der Waals surface area contributed by atoms with Gasteiger partial charge < -0.3 is 14.4 Å². The van der Waals surface area contributed by atoms with Gasteiger partial charge in [0, 0.05) is 22.4 Å². The molecule has 0 spiro atoms. The fraction of sp³-hybridized carbons (Fsp3) is 0.667. The van der Waals surface area contributed by atoms with Crippen molar-refractivity contribution in [2.75, 3.05) is 13.2 Å². The fourth-order valence-corrected chi connectivity index (χ4v) is 4.00. The summed E-state index contributed by atoms with van der Waals surface area (Å²) >= 11 is 1.62. The van der Waals surface area contributed by atoms with Crippen LogP contribution >= 0.6 is 22.6 Å². The van der Waals surface area contributed by atoms with Crippen LogP contribution in [0, 0.1) is 15.4 Å². The molecule has 1 aromatic heterocycles. The number of carbonyl (C=O) groups is 1. The van der Waals surface area contributed by atoms with Crippen LogP contribution in [0.5, 0.6) is 5.88 Å². The number of rotatable bonds is 3. The van der Waals surface area contributed by atoms with E-state index in [1.165, 1.54) is 6.07 Å². The molecule has 1 aliphatic heterocycles. The van der Waals surface area contributed by atoms with Gasteiger partial charge in [0.15, 0.2) is 0 Å². The highest BCUT2D eigenvalue weighted by molar-refractivity contribution is 14.1. The number of hydrogen-bond acceptors (Lipinski definition) is 4. The van der Waals surface area contributed by atoms with Gasteiger partial charge >= 0.3 is 12.3 Å². The maximum Gasteiger partial charge on any atom is 0.418 e. The Kier molecular flexibility index (Phi) is 5.53. The average molecular weight is 498 g/mol. The topological polar surface area (TPSA) is 51.7 Å². The zero-order chi connectivity index (χ0) is 20.0. The fourth-order valence-electron chi connectivity index (χ4n) is 3.29. The van der Waals surface area contributed by atoms with Gasteiger partial charge in [0.1, 0.15) is 12.2 Å². The maximum atomic E-state index is 12.8. The predicted octanol–water partition coefficient (Wildman–Crippen LogP) is 4.73. The van der Waals surface area contributed by atoms with Gasteiger partial charge in [0.25, 0.3) is 0 Å². The molecule has 27 heavy (non-hydrogen) atoms. The first-order valence-corrected chi connectivity index (χ1v) is 9.87. The van der Waals surface area contributed by atoms with Crippen LogP contribution in [-0.4, -0.2) is 40.8 Å². The van der Waals surface area contributed by atoms with E-state index in [4.69, 9.17) is 9.47 Å². The molecule has 3 atom stereocenters. The van der Waals surface area contributed by atoms with Crippen LogP contribution in [0.4, 0.5) is 18.0 Å². The molecule has 150 valence electrons. The van der Waals surface area contributed by atoms with Crippen molar-refractivity contribution in [1.29, 1.82) is 0 Å². The zero-order valence-electron chi connectivity index (χ0n) is 15.3. The summed E-state index contributed by atoms with van der Waals surface area (Å²) in [6, 6.07) is 1.09. The number of piperidine rings is 1. The monoisotopic (exact) mass is 498 g/mol. The SMILES string of the molecule is CC(C)(C)OC(=O)N1C[C@H]2C[C@H]2C[C@H]1COc1cc(I)c(C(F)(F)F)cn1. The lowest BCUT2D eigenvalue weighted by Gasteiger charge is -2.36. The van der Waals surface area contributed by atoms with Crippen LogP contribution in [0.2, 0.25) is 0 Å². The van der Waals surface area contributed by atoms with Gasteiger partial charge in [-0.15, -0.1) is 0 Å². The summed E-state index contributed by atoms with van der Waals surface area (Å²) in [5.41, 5.74) is -1.38. The summed E-state index contributed by atoms with van der Waals surface area (Å²) in [5, 5.41) is 0. The normalized spacial score (nSPS) is 25.0. The lowest BCUT2D eigenvalue weighted by atomic mass is 10.0. The number of amides is 1. The number of aromatic nitrogens is 1. The van der Waals surface area contributed by atoms with Crippen LogP contribution < -0.4 is 4.74 Å². The van der Waals surface area contributed by atoms with Crippen LogP contribution in [0.15, 0.2) is 12.3 Å². The predicted molar refractivity (Wildman–Crippen MR) is 100 cm³/mol. The Morgan fingerprint density at radius 1 is 1.30 bits per heavy atom. The van der Waals surface area contributed by atoms with Gasteiger partial charge in [0.2, 0.25) is 5.88 Å². The van der Waals surface area contributed by atoms with E-state index in [1.54, 1.807) is 27.5 Å². The third-order valence-corrected chi connectivity index (χ3v) is 5.59. The van der Waals surface area contributed by atoms with E-state index in [-0.39, 0.29) is 28.2 Å². The molecule has 1 saturated heterocycles. The second-order valence-corrected chi connectivity index (χ2v) is 9.25. The van der Waals surface area contributed by atoms with Crippen LogP contribution in [0.25, 0.3) is 0 Å². The van der Waals surface area contributed by atoms with Gasteiger partial charge in [-0.05, 0) is 68.0 Å². The number of ether oxygens (including phenoxy) is 2. The highest BCUT2D eigenvalue weighted by atomic mass is 127. The average Bonchev–Trinajstić information content (AvgIpc) is 3.27. The van der Waals surface area contributed by atoms with Crippen molar-refractivity contribution in [3.05, 3.63) is 21.4 Å². The molecule has 3 rings (SSSR count). The summed E-state index contributed by atoms with van der Waals surface area (Å²) in [6.07, 6.45) is -2.15. The lowest BCUT2D eigenvalue weighted by molar-refractivity contribution is -0.138. The minimum absolute atomic E-state index is 0.0278. The number of carbonyl (C=O) groups excluding carboxylic acids is 1. The van der Waals surface area contributed by atoms with E-state index in [1.807, 2.05) is 20.8 Å². The molecule has 2 aliphatic rings. The van der Waals surface area contributed by atoms with E-state index < -0.39 is 17.3 Å².